The Morgan fingerprint density at radius 1 is 1.69 bits per heavy atom. The van der Waals surface area contributed by atoms with Gasteiger partial charge in [0.15, 0.2) is 5.54 Å². The minimum atomic E-state index is -1.35. The lowest BCUT2D eigenvalue weighted by atomic mass is 9.97. The van der Waals surface area contributed by atoms with Crippen molar-refractivity contribution in [2.45, 2.75) is 12.5 Å². The SMILES string of the molecule is Cc1csc(C2=NCC(N)(C(=O)O)C=C2)c1. The van der Waals surface area contributed by atoms with Crippen LogP contribution in [0.25, 0.3) is 0 Å². The van der Waals surface area contributed by atoms with E-state index in [0.29, 0.717) is 0 Å². The number of carbonyl (C=O) groups is 1. The van der Waals surface area contributed by atoms with Crippen LogP contribution in [0.1, 0.15) is 10.4 Å². The van der Waals surface area contributed by atoms with Crippen LogP contribution < -0.4 is 5.73 Å². The first kappa shape index (κ1) is 11.0. The van der Waals surface area contributed by atoms with Gasteiger partial charge >= 0.3 is 5.97 Å². The Bertz CT molecular complexity index is 490. The van der Waals surface area contributed by atoms with Gasteiger partial charge < -0.3 is 10.8 Å². The van der Waals surface area contributed by atoms with Crippen molar-refractivity contribution >= 4 is 23.0 Å². The summed E-state index contributed by atoms with van der Waals surface area (Å²) in [6, 6.07) is 2.03. The molecule has 5 heteroatoms. The first-order valence-corrected chi connectivity index (χ1v) is 5.71. The average molecular weight is 236 g/mol. The second-order valence-electron chi connectivity index (χ2n) is 3.87. The molecule has 0 amide bonds. The van der Waals surface area contributed by atoms with Crippen molar-refractivity contribution in [1.82, 2.24) is 0 Å². The molecule has 1 aromatic heterocycles. The summed E-state index contributed by atoms with van der Waals surface area (Å²) >= 11 is 1.59. The third kappa shape index (κ3) is 1.91. The molecule has 0 spiro atoms. The zero-order chi connectivity index (χ0) is 11.8. The molecule has 1 unspecified atom stereocenters. The molecular formula is C11H12N2O2S. The lowest BCUT2D eigenvalue weighted by Crippen LogP contribution is -2.50. The van der Waals surface area contributed by atoms with Gasteiger partial charge in [0.25, 0.3) is 0 Å². The first-order valence-electron chi connectivity index (χ1n) is 4.83. The molecule has 0 saturated heterocycles. The number of carboxylic acids is 1. The average Bonchev–Trinajstić information content (AvgIpc) is 2.66. The predicted octanol–water partition coefficient (Wildman–Crippen LogP) is 1.20. The van der Waals surface area contributed by atoms with Crippen LogP contribution in [-0.2, 0) is 4.79 Å². The lowest BCUT2D eigenvalue weighted by Gasteiger charge is -2.21. The largest absolute Gasteiger partial charge is 0.480 e. The van der Waals surface area contributed by atoms with E-state index in [1.807, 2.05) is 18.4 Å². The molecule has 1 atom stereocenters. The number of nitrogens with two attached hydrogens (primary N) is 1. The van der Waals surface area contributed by atoms with Crippen molar-refractivity contribution in [1.29, 1.82) is 0 Å². The molecule has 1 aliphatic heterocycles. The van der Waals surface area contributed by atoms with Crippen LogP contribution in [0.15, 0.2) is 28.6 Å². The molecule has 4 nitrogen and oxygen atoms in total. The Morgan fingerprint density at radius 2 is 2.44 bits per heavy atom. The highest BCUT2D eigenvalue weighted by Crippen LogP contribution is 2.19. The fourth-order valence-electron chi connectivity index (χ4n) is 1.41. The van der Waals surface area contributed by atoms with Gasteiger partial charge in [0.1, 0.15) is 0 Å². The van der Waals surface area contributed by atoms with Gasteiger partial charge in [-0.25, -0.2) is 4.79 Å². The fraction of sp³-hybridized carbons (Fsp3) is 0.273. The van der Waals surface area contributed by atoms with Crippen molar-refractivity contribution in [2.75, 3.05) is 6.54 Å². The molecule has 3 N–H and O–H groups in total. The van der Waals surface area contributed by atoms with Gasteiger partial charge in [-0.1, -0.05) is 0 Å². The molecule has 0 aliphatic carbocycles. The molecule has 0 saturated carbocycles. The van der Waals surface area contributed by atoms with Crippen LogP contribution in [-0.4, -0.2) is 28.9 Å². The van der Waals surface area contributed by atoms with Crippen molar-refractivity contribution in [3.63, 3.8) is 0 Å². The zero-order valence-electron chi connectivity index (χ0n) is 8.80. The van der Waals surface area contributed by atoms with Crippen LogP contribution in [0.4, 0.5) is 0 Å². The third-order valence-electron chi connectivity index (χ3n) is 2.43. The van der Waals surface area contributed by atoms with Crippen LogP contribution >= 0.6 is 11.3 Å². The van der Waals surface area contributed by atoms with Crippen LogP contribution in [0.5, 0.6) is 0 Å². The number of aryl methyl sites for hydroxylation is 1. The van der Waals surface area contributed by atoms with Crippen molar-refractivity contribution in [3.8, 4) is 0 Å². The number of allylic oxidation sites excluding steroid dienone is 1. The molecule has 0 bridgehead atoms. The van der Waals surface area contributed by atoms with E-state index >= 15 is 0 Å². The Hall–Kier alpha value is -1.46. The first-order chi connectivity index (χ1) is 7.51. The van der Waals surface area contributed by atoms with Gasteiger partial charge in [-0.2, -0.15) is 0 Å². The Balaban J connectivity index is 2.23. The summed E-state index contributed by atoms with van der Waals surface area (Å²) in [6.45, 7) is 2.10. The van der Waals surface area contributed by atoms with E-state index in [0.717, 1.165) is 10.6 Å². The maximum Gasteiger partial charge on any atom is 0.329 e. The van der Waals surface area contributed by atoms with Crippen molar-refractivity contribution < 1.29 is 9.90 Å². The summed E-state index contributed by atoms with van der Waals surface area (Å²) in [4.78, 5) is 16.1. The molecule has 1 aromatic rings. The maximum absolute atomic E-state index is 10.9. The summed E-state index contributed by atoms with van der Waals surface area (Å²) in [5.41, 5.74) is 6.29. The minimum absolute atomic E-state index is 0.0884. The summed E-state index contributed by atoms with van der Waals surface area (Å²) < 4.78 is 0. The van der Waals surface area contributed by atoms with Gasteiger partial charge in [0.05, 0.1) is 17.1 Å². The molecule has 0 fully saturated rings. The zero-order valence-corrected chi connectivity index (χ0v) is 9.62. The van der Waals surface area contributed by atoms with Crippen LogP contribution in [0.2, 0.25) is 0 Å². The number of aliphatic imine (C=N–C) groups is 1. The number of hydrogen-bond donors (Lipinski definition) is 2. The molecule has 84 valence electrons. The third-order valence-corrected chi connectivity index (χ3v) is 3.50. The molecule has 16 heavy (non-hydrogen) atoms. The molecule has 1 aliphatic rings. The molecule has 2 rings (SSSR count). The second kappa shape index (κ2) is 3.84. The fourth-order valence-corrected chi connectivity index (χ4v) is 2.30. The van der Waals surface area contributed by atoms with Gasteiger partial charge in [0.2, 0.25) is 0 Å². The molecule has 0 aromatic carbocycles. The van der Waals surface area contributed by atoms with E-state index in [2.05, 4.69) is 4.99 Å². The van der Waals surface area contributed by atoms with E-state index in [1.165, 1.54) is 11.6 Å². The normalized spacial score (nSPS) is 24.2. The number of rotatable bonds is 2. The Morgan fingerprint density at radius 3 is 2.88 bits per heavy atom. The summed E-state index contributed by atoms with van der Waals surface area (Å²) in [5, 5.41) is 11.0. The standard InChI is InChI=1S/C11H12N2O2S/c1-7-4-9(16-5-7)8-2-3-11(12,6-13-8)10(14)15/h2-5H,6,12H2,1H3,(H,14,15). The number of nitrogens with zero attached hydrogens (tertiary/aromatic N) is 1. The summed E-state index contributed by atoms with van der Waals surface area (Å²) in [6.07, 6.45) is 3.19. The Labute approximate surface area is 97.1 Å². The number of thiophene rings is 1. The van der Waals surface area contributed by atoms with E-state index in [-0.39, 0.29) is 6.54 Å². The number of aliphatic carboxylic acids is 1. The molecule has 2 heterocycles. The van der Waals surface area contributed by atoms with E-state index in [1.54, 1.807) is 17.4 Å². The molecular weight excluding hydrogens is 224 g/mol. The summed E-state index contributed by atoms with van der Waals surface area (Å²) in [5.74, 6) is -1.05. The quantitative estimate of drug-likeness (QED) is 0.810. The number of dihydropyridines is 1. The monoisotopic (exact) mass is 236 g/mol. The number of hydrogen-bond acceptors (Lipinski definition) is 4. The van der Waals surface area contributed by atoms with Crippen LogP contribution in [0, 0.1) is 6.92 Å². The highest BCUT2D eigenvalue weighted by Gasteiger charge is 2.33. The van der Waals surface area contributed by atoms with Gasteiger partial charge in [-0.3, -0.25) is 4.99 Å². The minimum Gasteiger partial charge on any atom is -0.480 e. The highest BCUT2D eigenvalue weighted by atomic mass is 32.1. The predicted molar refractivity (Wildman–Crippen MR) is 64.2 cm³/mol. The Kier molecular flexibility index (Phi) is 2.65. The lowest BCUT2D eigenvalue weighted by molar-refractivity contribution is -0.141. The summed E-state index contributed by atoms with van der Waals surface area (Å²) in [7, 11) is 0. The van der Waals surface area contributed by atoms with Gasteiger partial charge in [-0.15, -0.1) is 11.3 Å². The smallest absolute Gasteiger partial charge is 0.329 e. The molecule has 0 radical (unpaired) electrons. The van der Waals surface area contributed by atoms with E-state index in [4.69, 9.17) is 10.8 Å². The second-order valence-corrected chi connectivity index (χ2v) is 4.78. The number of carboxylic acid groups (broad SMARTS) is 1. The van der Waals surface area contributed by atoms with E-state index < -0.39 is 11.5 Å². The van der Waals surface area contributed by atoms with Crippen LogP contribution in [0.3, 0.4) is 0 Å². The van der Waals surface area contributed by atoms with Gasteiger partial charge in [-0.05, 0) is 36.1 Å². The van der Waals surface area contributed by atoms with Crippen molar-refractivity contribution in [3.05, 3.63) is 34.0 Å². The van der Waals surface area contributed by atoms with Crippen molar-refractivity contribution in [2.24, 2.45) is 10.7 Å². The maximum atomic E-state index is 10.9. The van der Waals surface area contributed by atoms with E-state index in [9.17, 15) is 4.79 Å². The topological polar surface area (TPSA) is 75.7 Å². The highest BCUT2D eigenvalue weighted by molar-refractivity contribution is 7.12. The van der Waals surface area contributed by atoms with Gasteiger partial charge in [0, 0.05) is 0 Å².